The average Bonchev–Trinajstić information content (AvgIpc) is 3.22. The first-order valence-electron chi connectivity index (χ1n) is 11.4. The number of carbonyl (C=O) groups excluding carboxylic acids is 2. The van der Waals surface area contributed by atoms with Gasteiger partial charge in [0.25, 0.3) is 5.91 Å². The number of ether oxygens (including phenoxy) is 2. The number of hydrogen-bond acceptors (Lipinski definition) is 6. The number of aliphatic imine (C=N–C) groups is 1. The molecule has 0 fully saturated rings. The smallest absolute Gasteiger partial charge is 0.283 e. The zero-order valence-corrected chi connectivity index (χ0v) is 21.8. The maximum absolute atomic E-state index is 13.4. The van der Waals surface area contributed by atoms with Crippen LogP contribution in [0.3, 0.4) is 0 Å². The highest BCUT2D eigenvalue weighted by Crippen LogP contribution is 2.35. The molecule has 6 nitrogen and oxygen atoms in total. The average molecular weight is 539 g/mol. The topological polar surface area (TPSA) is 68.2 Å². The van der Waals surface area contributed by atoms with Gasteiger partial charge in [0.15, 0.2) is 11.0 Å². The van der Waals surface area contributed by atoms with E-state index in [1.165, 1.54) is 48.0 Å². The monoisotopic (exact) mass is 538 g/mol. The van der Waals surface area contributed by atoms with E-state index in [9.17, 15) is 14.0 Å². The molecule has 3 aromatic carbocycles. The van der Waals surface area contributed by atoms with E-state index >= 15 is 0 Å². The molecule has 0 bridgehead atoms. The van der Waals surface area contributed by atoms with Gasteiger partial charge in [-0.05, 0) is 66.6 Å². The van der Waals surface area contributed by atoms with Gasteiger partial charge in [0.05, 0.1) is 24.9 Å². The first kappa shape index (κ1) is 26.4. The molecule has 0 aromatic heterocycles. The molecule has 0 radical (unpaired) electrons. The van der Waals surface area contributed by atoms with Crippen LogP contribution < -0.4 is 14.4 Å². The van der Waals surface area contributed by atoms with Crippen molar-refractivity contribution in [1.82, 2.24) is 0 Å². The molecular formula is C28H24ClFN2O4S. The van der Waals surface area contributed by atoms with Gasteiger partial charge in [0.2, 0.25) is 0 Å². The van der Waals surface area contributed by atoms with E-state index in [4.69, 9.17) is 21.1 Å². The predicted molar refractivity (Wildman–Crippen MR) is 146 cm³/mol. The van der Waals surface area contributed by atoms with Crippen molar-refractivity contribution in [3.05, 3.63) is 94.4 Å². The normalized spacial score (nSPS) is 14.2. The zero-order chi connectivity index (χ0) is 26.4. The Morgan fingerprint density at radius 1 is 1.05 bits per heavy atom. The Labute approximate surface area is 223 Å². The zero-order valence-electron chi connectivity index (χ0n) is 20.2. The second-order valence-corrected chi connectivity index (χ2v) is 9.51. The van der Waals surface area contributed by atoms with E-state index in [2.05, 4.69) is 4.99 Å². The van der Waals surface area contributed by atoms with Gasteiger partial charge in [-0.15, -0.1) is 0 Å². The number of amidine groups is 1. The predicted octanol–water partition coefficient (Wildman–Crippen LogP) is 6.64. The fraction of sp³-hybridized carbons (Fsp3) is 0.179. The van der Waals surface area contributed by atoms with Crippen LogP contribution in [0.2, 0.25) is 5.02 Å². The molecule has 37 heavy (non-hydrogen) atoms. The van der Waals surface area contributed by atoms with Crippen LogP contribution in [0.1, 0.15) is 28.8 Å². The van der Waals surface area contributed by atoms with Gasteiger partial charge in [-0.25, -0.2) is 9.38 Å². The highest BCUT2D eigenvalue weighted by molar-refractivity contribution is 8.14. The minimum atomic E-state index is -0.381. The van der Waals surface area contributed by atoms with Gasteiger partial charge < -0.3 is 9.47 Å². The van der Waals surface area contributed by atoms with Crippen LogP contribution in [-0.2, 0) is 4.79 Å². The van der Waals surface area contributed by atoms with Crippen LogP contribution in [0.4, 0.5) is 10.1 Å². The molecule has 0 N–H and O–H groups in total. The molecule has 0 aliphatic carbocycles. The standard InChI is InChI=1S/C28H24ClFN2O4S/c1-35-22-12-5-18(6-13-22)16-24-27(34)32(21-11-14-23(29)26(17-21)36-2)28(31-24)37-15-3-4-25(33)19-7-9-20(30)10-8-19/h5-14,16-17H,3-4,15H2,1-2H3/b24-16-. The third-order valence-electron chi connectivity index (χ3n) is 5.59. The Morgan fingerprint density at radius 3 is 2.46 bits per heavy atom. The summed E-state index contributed by atoms with van der Waals surface area (Å²) in [4.78, 5) is 32.0. The van der Waals surface area contributed by atoms with Crippen molar-refractivity contribution in [3.8, 4) is 11.5 Å². The van der Waals surface area contributed by atoms with Gasteiger partial charge >= 0.3 is 0 Å². The number of benzene rings is 3. The van der Waals surface area contributed by atoms with E-state index in [0.717, 1.165) is 5.56 Å². The molecule has 0 saturated carbocycles. The number of amides is 1. The number of nitrogens with zero attached hydrogens (tertiary/aromatic N) is 2. The van der Waals surface area contributed by atoms with E-state index in [0.29, 0.717) is 51.5 Å². The summed E-state index contributed by atoms with van der Waals surface area (Å²) in [5.74, 6) is 0.970. The number of Topliss-reactive ketones (excluding diaryl/α,β-unsaturated/α-hetero) is 1. The molecule has 190 valence electrons. The molecule has 1 amide bonds. The van der Waals surface area contributed by atoms with Crippen molar-refractivity contribution in [3.63, 3.8) is 0 Å². The summed E-state index contributed by atoms with van der Waals surface area (Å²) in [6.07, 6.45) is 2.57. The fourth-order valence-corrected chi connectivity index (χ4v) is 4.79. The summed E-state index contributed by atoms with van der Waals surface area (Å²) in [6.45, 7) is 0. The molecule has 3 aromatic rings. The first-order chi connectivity index (χ1) is 17.9. The summed E-state index contributed by atoms with van der Waals surface area (Å²) in [5.41, 5.74) is 2.12. The Hall–Kier alpha value is -3.62. The van der Waals surface area contributed by atoms with Gasteiger partial charge in [-0.2, -0.15) is 0 Å². The fourth-order valence-electron chi connectivity index (χ4n) is 3.64. The Kier molecular flexibility index (Phi) is 8.63. The Balaban J connectivity index is 1.53. The van der Waals surface area contributed by atoms with Crippen molar-refractivity contribution in [2.24, 2.45) is 4.99 Å². The van der Waals surface area contributed by atoms with Crippen LogP contribution in [-0.4, -0.2) is 36.8 Å². The molecule has 0 saturated heterocycles. The molecule has 1 aliphatic rings. The maximum Gasteiger partial charge on any atom is 0.283 e. The third kappa shape index (κ3) is 6.39. The number of halogens is 2. The second-order valence-electron chi connectivity index (χ2n) is 8.04. The lowest BCUT2D eigenvalue weighted by Gasteiger charge is -2.19. The van der Waals surface area contributed by atoms with Crippen molar-refractivity contribution >= 4 is 52.0 Å². The van der Waals surface area contributed by atoms with Gasteiger partial charge in [0.1, 0.15) is 23.0 Å². The van der Waals surface area contributed by atoms with Crippen molar-refractivity contribution in [1.29, 1.82) is 0 Å². The highest BCUT2D eigenvalue weighted by Gasteiger charge is 2.32. The summed E-state index contributed by atoms with van der Waals surface area (Å²) in [7, 11) is 3.10. The van der Waals surface area contributed by atoms with Crippen LogP contribution in [0.5, 0.6) is 11.5 Å². The van der Waals surface area contributed by atoms with Gasteiger partial charge in [0, 0.05) is 23.8 Å². The molecule has 4 rings (SSSR count). The summed E-state index contributed by atoms with van der Waals surface area (Å²) < 4.78 is 23.7. The van der Waals surface area contributed by atoms with Crippen molar-refractivity contribution in [2.45, 2.75) is 12.8 Å². The van der Waals surface area contributed by atoms with Crippen molar-refractivity contribution in [2.75, 3.05) is 24.9 Å². The molecule has 0 atom stereocenters. The number of carbonyl (C=O) groups is 2. The SMILES string of the molecule is COc1ccc(/C=C2\N=C(SCCCC(=O)c3ccc(F)cc3)N(c3ccc(Cl)c(OC)c3)C2=O)cc1. The quantitative estimate of drug-likeness (QED) is 0.174. The first-order valence-corrected chi connectivity index (χ1v) is 12.8. The van der Waals surface area contributed by atoms with Crippen LogP contribution in [0.25, 0.3) is 6.08 Å². The number of hydrogen-bond donors (Lipinski definition) is 0. The lowest BCUT2D eigenvalue weighted by molar-refractivity contribution is -0.113. The Bertz CT molecular complexity index is 1360. The minimum Gasteiger partial charge on any atom is -0.497 e. The van der Waals surface area contributed by atoms with E-state index < -0.39 is 0 Å². The summed E-state index contributed by atoms with van der Waals surface area (Å²) >= 11 is 7.57. The van der Waals surface area contributed by atoms with Crippen LogP contribution in [0.15, 0.2) is 77.4 Å². The number of methoxy groups -OCH3 is 2. The third-order valence-corrected chi connectivity index (χ3v) is 6.92. The van der Waals surface area contributed by atoms with E-state index in [1.807, 2.05) is 24.3 Å². The molecule has 0 unspecified atom stereocenters. The van der Waals surface area contributed by atoms with Gasteiger partial charge in [-0.3, -0.25) is 14.5 Å². The molecular weight excluding hydrogens is 515 g/mol. The summed E-state index contributed by atoms with van der Waals surface area (Å²) in [5, 5.41) is 0.917. The number of rotatable bonds is 9. The highest BCUT2D eigenvalue weighted by atomic mass is 35.5. The minimum absolute atomic E-state index is 0.0654. The molecule has 1 heterocycles. The lowest BCUT2D eigenvalue weighted by atomic mass is 10.1. The summed E-state index contributed by atoms with van der Waals surface area (Å²) in [6, 6.07) is 17.9. The Morgan fingerprint density at radius 2 is 1.78 bits per heavy atom. The largest absolute Gasteiger partial charge is 0.497 e. The molecule has 0 spiro atoms. The molecule has 9 heteroatoms. The lowest BCUT2D eigenvalue weighted by Crippen LogP contribution is -2.30. The van der Waals surface area contributed by atoms with E-state index in [-0.39, 0.29) is 23.2 Å². The van der Waals surface area contributed by atoms with Gasteiger partial charge in [-0.1, -0.05) is 35.5 Å². The maximum atomic E-state index is 13.4. The van der Waals surface area contributed by atoms with E-state index in [1.54, 1.807) is 31.4 Å². The number of ketones is 1. The number of thioether (sulfide) groups is 1. The van der Waals surface area contributed by atoms with Crippen LogP contribution in [0, 0.1) is 5.82 Å². The van der Waals surface area contributed by atoms with Crippen molar-refractivity contribution < 1.29 is 23.5 Å². The number of anilines is 1. The molecule has 1 aliphatic heterocycles. The second kappa shape index (κ2) is 12.1. The van der Waals surface area contributed by atoms with Crippen LogP contribution >= 0.6 is 23.4 Å².